The summed E-state index contributed by atoms with van der Waals surface area (Å²) in [6, 6.07) is 12.5. The Hall–Kier alpha value is -2.03. The van der Waals surface area contributed by atoms with Gasteiger partial charge >= 0.3 is 0 Å². The molecule has 2 aromatic rings. The Kier molecular flexibility index (Phi) is 3.82. The van der Waals surface area contributed by atoms with Gasteiger partial charge in [0.2, 0.25) is 0 Å². The fourth-order valence-corrected chi connectivity index (χ4v) is 1.88. The van der Waals surface area contributed by atoms with Crippen LogP contribution in [0.3, 0.4) is 0 Å². The average Bonchev–Trinajstić information content (AvgIpc) is 2.41. The Morgan fingerprint density at radius 2 is 1.72 bits per heavy atom. The van der Waals surface area contributed by atoms with E-state index in [0.29, 0.717) is 5.82 Å². The molecule has 0 aliphatic rings. The lowest BCUT2D eigenvalue weighted by Crippen LogP contribution is -2.16. The maximum absolute atomic E-state index is 5.58. The molecule has 1 aromatic heterocycles. The molecule has 0 atom stereocenters. The highest BCUT2D eigenvalue weighted by molar-refractivity contribution is 5.47. The van der Waals surface area contributed by atoms with Gasteiger partial charge in [0.1, 0.15) is 5.82 Å². The van der Waals surface area contributed by atoms with E-state index < -0.39 is 0 Å². The minimum Gasteiger partial charge on any atom is -0.384 e. The normalized spacial score (nSPS) is 10.3. The highest BCUT2D eigenvalue weighted by Gasteiger charge is 2.02. The number of nitrogen functional groups attached to an aromatic ring is 1. The number of aromatic nitrogens is 1. The quantitative estimate of drug-likeness (QED) is 0.895. The van der Waals surface area contributed by atoms with Crippen LogP contribution in [0.4, 0.5) is 11.5 Å². The maximum Gasteiger partial charge on any atom is 0.123 e. The third-order valence-electron chi connectivity index (χ3n) is 3.05. The number of hydrogen-bond donors (Lipinski definition) is 1. The van der Waals surface area contributed by atoms with Crippen molar-refractivity contribution >= 4 is 11.5 Å². The van der Waals surface area contributed by atoms with Crippen LogP contribution in [0.2, 0.25) is 0 Å². The van der Waals surface area contributed by atoms with Gasteiger partial charge in [-0.1, -0.05) is 25.1 Å². The molecule has 0 radical (unpaired) electrons. The molecule has 0 saturated carbocycles. The molecule has 18 heavy (non-hydrogen) atoms. The van der Waals surface area contributed by atoms with Crippen LogP contribution in [-0.4, -0.2) is 12.0 Å². The van der Waals surface area contributed by atoms with Crippen molar-refractivity contribution in [1.29, 1.82) is 0 Å². The minimum absolute atomic E-state index is 0.564. The zero-order valence-electron chi connectivity index (χ0n) is 10.9. The Bertz CT molecular complexity index is 488. The van der Waals surface area contributed by atoms with E-state index >= 15 is 0 Å². The SMILES string of the molecule is CCc1ccc(N(C)Cc2ccc(N)nc2)cc1. The van der Waals surface area contributed by atoms with E-state index in [1.807, 2.05) is 18.3 Å². The van der Waals surface area contributed by atoms with Crippen molar-refractivity contribution in [2.24, 2.45) is 0 Å². The molecule has 1 heterocycles. The molecule has 0 aliphatic carbocycles. The molecule has 0 unspecified atom stereocenters. The van der Waals surface area contributed by atoms with Crippen molar-refractivity contribution < 1.29 is 0 Å². The van der Waals surface area contributed by atoms with Gasteiger partial charge in [-0.2, -0.15) is 0 Å². The summed E-state index contributed by atoms with van der Waals surface area (Å²) in [5, 5.41) is 0. The molecule has 1 aromatic carbocycles. The third-order valence-corrected chi connectivity index (χ3v) is 3.05. The first-order valence-corrected chi connectivity index (χ1v) is 6.19. The molecule has 2 N–H and O–H groups in total. The molecular weight excluding hydrogens is 222 g/mol. The van der Waals surface area contributed by atoms with Gasteiger partial charge in [0, 0.05) is 25.5 Å². The van der Waals surface area contributed by atoms with Crippen molar-refractivity contribution in [3.8, 4) is 0 Å². The highest BCUT2D eigenvalue weighted by atomic mass is 15.1. The molecule has 2 rings (SSSR count). The highest BCUT2D eigenvalue weighted by Crippen LogP contribution is 2.16. The first-order chi connectivity index (χ1) is 8.69. The molecule has 0 fully saturated rings. The second kappa shape index (κ2) is 5.54. The smallest absolute Gasteiger partial charge is 0.123 e. The Morgan fingerprint density at radius 3 is 2.28 bits per heavy atom. The number of aryl methyl sites for hydroxylation is 1. The molecule has 0 spiro atoms. The predicted octanol–water partition coefficient (Wildman–Crippen LogP) is 2.86. The lowest BCUT2D eigenvalue weighted by molar-refractivity contribution is 0.915. The summed E-state index contributed by atoms with van der Waals surface area (Å²) in [5.41, 5.74) is 9.31. The van der Waals surface area contributed by atoms with Crippen molar-refractivity contribution in [2.75, 3.05) is 17.7 Å². The maximum atomic E-state index is 5.58. The summed E-state index contributed by atoms with van der Waals surface area (Å²) < 4.78 is 0. The van der Waals surface area contributed by atoms with Crippen LogP contribution in [0.5, 0.6) is 0 Å². The number of nitrogens with zero attached hydrogens (tertiary/aromatic N) is 2. The first kappa shape index (κ1) is 12.4. The second-order valence-corrected chi connectivity index (χ2v) is 4.47. The fourth-order valence-electron chi connectivity index (χ4n) is 1.88. The standard InChI is InChI=1S/C15H19N3/c1-3-12-4-7-14(8-5-12)18(2)11-13-6-9-15(16)17-10-13/h4-10H,3,11H2,1-2H3,(H2,16,17). The third kappa shape index (κ3) is 3.00. The predicted molar refractivity (Wildman–Crippen MR) is 76.6 cm³/mol. The average molecular weight is 241 g/mol. The minimum atomic E-state index is 0.564. The Balaban J connectivity index is 2.06. The van der Waals surface area contributed by atoms with Gasteiger partial charge in [-0.15, -0.1) is 0 Å². The van der Waals surface area contributed by atoms with Crippen molar-refractivity contribution in [1.82, 2.24) is 4.98 Å². The van der Waals surface area contributed by atoms with Crippen LogP contribution in [0.25, 0.3) is 0 Å². The summed E-state index contributed by atoms with van der Waals surface area (Å²) in [6.45, 7) is 3.00. The lowest BCUT2D eigenvalue weighted by Gasteiger charge is -2.19. The topological polar surface area (TPSA) is 42.1 Å². The molecular formula is C15H19N3. The molecule has 0 amide bonds. The summed E-state index contributed by atoms with van der Waals surface area (Å²) in [6.07, 6.45) is 2.90. The molecule has 3 heteroatoms. The Labute approximate surface area is 108 Å². The van der Waals surface area contributed by atoms with Crippen molar-refractivity contribution in [3.63, 3.8) is 0 Å². The lowest BCUT2D eigenvalue weighted by atomic mass is 10.1. The van der Waals surface area contributed by atoms with Gasteiger partial charge in [0.25, 0.3) is 0 Å². The summed E-state index contributed by atoms with van der Waals surface area (Å²) >= 11 is 0. The van der Waals surface area contributed by atoms with Crippen LogP contribution < -0.4 is 10.6 Å². The number of anilines is 2. The summed E-state index contributed by atoms with van der Waals surface area (Å²) in [7, 11) is 2.08. The molecule has 0 saturated heterocycles. The molecule has 0 aliphatic heterocycles. The van der Waals surface area contributed by atoms with Crippen LogP contribution in [0, 0.1) is 0 Å². The van der Waals surface area contributed by atoms with E-state index in [0.717, 1.165) is 18.5 Å². The zero-order valence-corrected chi connectivity index (χ0v) is 10.9. The van der Waals surface area contributed by atoms with Gasteiger partial charge in [-0.05, 0) is 35.7 Å². The van der Waals surface area contributed by atoms with Crippen LogP contribution >= 0.6 is 0 Å². The van der Waals surface area contributed by atoms with E-state index in [4.69, 9.17) is 5.73 Å². The van der Waals surface area contributed by atoms with E-state index in [9.17, 15) is 0 Å². The fraction of sp³-hybridized carbons (Fsp3) is 0.267. The second-order valence-electron chi connectivity index (χ2n) is 4.47. The molecule has 3 nitrogen and oxygen atoms in total. The number of hydrogen-bond acceptors (Lipinski definition) is 3. The van der Waals surface area contributed by atoms with E-state index in [1.165, 1.54) is 11.3 Å². The van der Waals surface area contributed by atoms with Crippen molar-refractivity contribution in [2.45, 2.75) is 19.9 Å². The number of rotatable bonds is 4. The van der Waals surface area contributed by atoms with Gasteiger partial charge in [0.05, 0.1) is 0 Å². The Morgan fingerprint density at radius 1 is 1.06 bits per heavy atom. The van der Waals surface area contributed by atoms with Crippen molar-refractivity contribution in [3.05, 3.63) is 53.7 Å². The monoisotopic (exact) mass is 241 g/mol. The number of nitrogens with two attached hydrogens (primary N) is 1. The van der Waals surface area contributed by atoms with Gasteiger partial charge in [0.15, 0.2) is 0 Å². The largest absolute Gasteiger partial charge is 0.384 e. The zero-order chi connectivity index (χ0) is 13.0. The van der Waals surface area contributed by atoms with E-state index in [-0.39, 0.29) is 0 Å². The van der Waals surface area contributed by atoms with Gasteiger partial charge in [-0.3, -0.25) is 0 Å². The summed E-state index contributed by atoms with van der Waals surface area (Å²) in [4.78, 5) is 6.31. The molecule has 0 bridgehead atoms. The van der Waals surface area contributed by atoms with Gasteiger partial charge in [-0.25, -0.2) is 4.98 Å². The van der Waals surface area contributed by atoms with Crippen LogP contribution in [0.15, 0.2) is 42.6 Å². The van der Waals surface area contributed by atoms with E-state index in [2.05, 4.69) is 48.1 Å². The molecule has 94 valence electrons. The number of pyridine rings is 1. The van der Waals surface area contributed by atoms with Crippen LogP contribution in [0.1, 0.15) is 18.1 Å². The van der Waals surface area contributed by atoms with Gasteiger partial charge < -0.3 is 10.6 Å². The summed E-state index contributed by atoms with van der Waals surface area (Å²) in [5.74, 6) is 0.564. The van der Waals surface area contributed by atoms with Crippen LogP contribution in [-0.2, 0) is 13.0 Å². The number of benzene rings is 1. The first-order valence-electron chi connectivity index (χ1n) is 6.19. The van der Waals surface area contributed by atoms with E-state index in [1.54, 1.807) is 0 Å².